The molecular formula is C24H26N4O. The molecule has 1 aliphatic rings. The van der Waals surface area contributed by atoms with Crippen LogP contribution in [0.4, 0.5) is 11.6 Å². The van der Waals surface area contributed by atoms with Crippen LogP contribution in [-0.4, -0.2) is 29.0 Å². The maximum Gasteiger partial charge on any atom is 0.229 e. The molecule has 0 saturated carbocycles. The number of aryl methyl sites for hydroxylation is 2. The number of amides is 1. The molecule has 1 amide bonds. The number of piperidine rings is 1. The van der Waals surface area contributed by atoms with Gasteiger partial charge in [0.2, 0.25) is 11.9 Å². The van der Waals surface area contributed by atoms with Gasteiger partial charge in [-0.3, -0.25) is 4.79 Å². The number of hydrogen-bond acceptors (Lipinski definition) is 4. The number of anilines is 2. The van der Waals surface area contributed by atoms with E-state index in [0.717, 1.165) is 41.8 Å². The molecule has 1 aliphatic heterocycles. The molecule has 0 spiro atoms. The number of nitrogens with one attached hydrogen (secondary N) is 1. The molecule has 2 heterocycles. The highest BCUT2D eigenvalue weighted by Gasteiger charge is 2.27. The molecule has 2 aromatic carbocycles. The van der Waals surface area contributed by atoms with Crippen molar-refractivity contribution in [3.05, 3.63) is 72.1 Å². The Morgan fingerprint density at radius 2 is 1.79 bits per heavy atom. The van der Waals surface area contributed by atoms with Crippen molar-refractivity contribution in [1.29, 1.82) is 0 Å². The molecule has 1 aromatic heterocycles. The summed E-state index contributed by atoms with van der Waals surface area (Å²) in [6, 6.07) is 16.2. The number of benzene rings is 2. The standard InChI is InChI=1S/C24H26N4O/c1-17-10-11-22(18(2)13-17)27-23(29)20-9-6-12-28(16-20)24-25-14-21(15-26-24)19-7-4-3-5-8-19/h3-5,7-8,10-11,13-15,20H,6,9,12,16H2,1-2H3,(H,27,29)/t20-/m0/s1. The number of carbonyl (C=O) groups is 1. The maximum absolute atomic E-state index is 12.8. The predicted molar refractivity (Wildman–Crippen MR) is 117 cm³/mol. The summed E-state index contributed by atoms with van der Waals surface area (Å²) < 4.78 is 0. The van der Waals surface area contributed by atoms with Crippen LogP contribution in [0.1, 0.15) is 24.0 Å². The van der Waals surface area contributed by atoms with Crippen LogP contribution in [0.3, 0.4) is 0 Å². The lowest BCUT2D eigenvalue weighted by Gasteiger charge is -2.32. The van der Waals surface area contributed by atoms with Crippen LogP contribution >= 0.6 is 0 Å². The number of nitrogens with zero attached hydrogens (tertiary/aromatic N) is 3. The molecule has 5 heteroatoms. The van der Waals surface area contributed by atoms with Gasteiger partial charge in [-0.25, -0.2) is 9.97 Å². The van der Waals surface area contributed by atoms with Gasteiger partial charge in [0.25, 0.3) is 0 Å². The van der Waals surface area contributed by atoms with E-state index in [1.165, 1.54) is 5.56 Å². The van der Waals surface area contributed by atoms with Crippen molar-refractivity contribution in [2.75, 3.05) is 23.3 Å². The molecule has 148 valence electrons. The fourth-order valence-electron chi connectivity index (χ4n) is 3.83. The summed E-state index contributed by atoms with van der Waals surface area (Å²) in [5, 5.41) is 3.10. The van der Waals surface area contributed by atoms with E-state index in [4.69, 9.17) is 0 Å². The normalized spacial score (nSPS) is 16.5. The Hall–Kier alpha value is -3.21. The van der Waals surface area contributed by atoms with Gasteiger partial charge >= 0.3 is 0 Å². The Morgan fingerprint density at radius 1 is 1.03 bits per heavy atom. The quantitative estimate of drug-likeness (QED) is 0.711. The SMILES string of the molecule is Cc1ccc(NC(=O)[C@H]2CCCN(c3ncc(-c4ccccc4)cn3)C2)c(C)c1. The molecule has 3 aromatic rings. The monoisotopic (exact) mass is 386 g/mol. The highest BCUT2D eigenvalue weighted by Crippen LogP contribution is 2.24. The van der Waals surface area contributed by atoms with Gasteiger partial charge in [-0.2, -0.15) is 0 Å². The average Bonchev–Trinajstić information content (AvgIpc) is 2.76. The van der Waals surface area contributed by atoms with E-state index < -0.39 is 0 Å². The minimum atomic E-state index is -0.0677. The van der Waals surface area contributed by atoms with Crippen molar-refractivity contribution < 1.29 is 4.79 Å². The highest BCUT2D eigenvalue weighted by molar-refractivity contribution is 5.93. The summed E-state index contributed by atoms with van der Waals surface area (Å²) in [6.45, 7) is 5.60. The van der Waals surface area contributed by atoms with E-state index in [-0.39, 0.29) is 11.8 Å². The van der Waals surface area contributed by atoms with Crippen molar-refractivity contribution in [3.63, 3.8) is 0 Å². The number of hydrogen-bond donors (Lipinski definition) is 1. The molecule has 0 radical (unpaired) electrons. The smallest absolute Gasteiger partial charge is 0.229 e. The fourth-order valence-corrected chi connectivity index (χ4v) is 3.83. The Kier molecular flexibility index (Phi) is 5.56. The first kappa shape index (κ1) is 19.1. The second-order valence-electron chi connectivity index (χ2n) is 7.73. The second-order valence-corrected chi connectivity index (χ2v) is 7.73. The molecule has 1 N–H and O–H groups in total. The molecule has 1 atom stereocenters. The van der Waals surface area contributed by atoms with Crippen molar-refractivity contribution in [2.24, 2.45) is 5.92 Å². The zero-order valence-electron chi connectivity index (χ0n) is 16.9. The van der Waals surface area contributed by atoms with Gasteiger partial charge in [0, 0.05) is 36.7 Å². The first-order valence-corrected chi connectivity index (χ1v) is 10.1. The lowest BCUT2D eigenvalue weighted by Crippen LogP contribution is -2.41. The van der Waals surface area contributed by atoms with E-state index in [0.29, 0.717) is 12.5 Å². The molecule has 29 heavy (non-hydrogen) atoms. The predicted octanol–water partition coefficient (Wildman–Crippen LogP) is 4.62. The van der Waals surface area contributed by atoms with Gasteiger partial charge in [-0.1, -0.05) is 48.0 Å². The zero-order valence-corrected chi connectivity index (χ0v) is 16.9. The van der Waals surface area contributed by atoms with Gasteiger partial charge < -0.3 is 10.2 Å². The third kappa shape index (κ3) is 4.45. The molecule has 0 aliphatic carbocycles. The Bertz CT molecular complexity index is 986. The lowest BCUT2D eigenvalue weighted by atomic mass is 9.97. The van der Waals surface area contributed by atoms with Gasteiger partial charge in [0.15, 0.2) is 0 Å². The first-order chi connectivity index (χ1) is 14.1. The largest absolute Gasteiger partial charge is 0.340 e. The van der Waals surface area contributed by atoms with E-state index >= 15 is 0 Å². The first-order valence-electron chi connectivity index (χ1n) is 10.1. The van der Waals surface area contributed by atoms with Crippen LogP contribution < -0.4 is 10.2 Å². The lowest BCUT2D eigenvalue weighted by molar-refractivity contribution is -0.120. The minimum Gasteiger partial charge on any atom is -0.340 e. The van der Waals surface area contributed by atoms with Crippen LogP contribution in [0, 0.1) is 19.8 Å². The van der Waals surface area contributed by atoms with Crippen molar-refractivity contribution >= 4 is 17.5 Å². The zero-order chi connectivity index (χ0) is 20.2. The summed E-state index contributed by atoms with van der Waals surface area (Å²) in [5.74, 6) is 0.693. The summed E-state index contributed by atoms with van der Waals surface area (Å²) in [6.07, 6.45) is 5.55. The van der Waals surface area contributed by atoms with E-state index in [2.05, 4.69) is 33.2 Å². The topological polar surface area (TPSA) is 58.1 Å². The Balaban J connectivity index is 1.43. The third-order valence-electron chi connectivity index (χ3n) is 5.46. The van der Waals surface area contributed by atoms with Crippen molar-refractivity contribution in [3.8, 4) is 11.1 Å². The second kappa shape index (κ2) is 8.43. The number of aromatic nitrogens is 2. The molecule has 0 bridgehead atoms. The minimum absolute atomic E-state index is 0.0677. The number of rotatable bonds is 4. The Morgan fingerprint density at radius 3 is 2.52 bits per heavy atom. The Labute approximate surface area is 171 Å². The summed E-state index contributed by atoms with van der Waals surface area (Å²) in [7, 11) is 0. The summed E-state index contributed by atoms with van der Waals surface area (Å²) >= 11 is 0. The molecule has 1 saturated heterocycles. The van der Waals surface area contributed by atoms with Crippen LogP contribution in [0.5, 0.6) is 0 Å². The molecule has 1 fully saturated rings. The third-order valence-corrected chi connectivity index (χ3v) is 5.46. The average molecular weight is 386 g/mol. The van der Waals surface area contributed by atoms with E-state index in [1.807, 2.05) is 61.8 Å². The summed E-state index contributed by atoms with van der Waals surface area (Å²) in [4.78, 5) is 24.1. The fraction of sp³-hybridized carbons (Fsp3) is 0.292. The summed E-state index contributed by atoms with van der Waals surface area (Å²) in [5.41, 5.74) is 5.27. The molecular weight excluding hydrogens is 360 g/mol. The van der Waals surface area contributed by atoms with Crippen LogP contribution in [0.25, 0.3) is 11.1 Å². The van der Waals surface area contributed by atoms with Crippen LogP contribution in [0.2, 0.25) is 0 Å². The van der Waals surface area contributed by atoms with Crippen molar-refractivity contribution in [2.45, 2.75) is 26.7 Å². The van der Waals surface area contributed by atoms with Crippen LogP contribution in [0.15, 0.2) is 60.9 Å². The molecule has 4 rings (SSSR count). The number of carbonyl (C=O) groups excluding carboxylic acids is 1. The molecule has 0 unspecified atom stereocenters. The van der Waals surface area contributed by atoms with Crippen molar-refractivity contribution in [1.82, 2.24) is 9.97 Å². The van der Waals surface area contributed by atoms with E-state index in [9.17, 15) is 4.79 Å². The van der Waals surface area contributed by atoms with E-state index in [1.54, 1.807) is 0 Å². The van der Waals surface area contributed by atoms with Gasteiger partial charge in [-0.05, 0) is 43.9 Å². The maximum atomic E-state index is 12.8. The van der Waals surface area contributed by atoms with Gasteiger partial charge in [-0.15, -0.1) is 0 Å². The van der Waals surface area contributed by atoms with Gasteiger partial charge in [0.05, 0.1) is 5.92 Å². The highest BCUT2D eigenvalue weighted by atomic mass is 16.1. The molecule has 5 nitrogen and oxygen atoms in total. The van der Waals surface area contributed by atoms with Gasteiger partial charge in [0.1, 0.15) is 0 Å². The van der Waals surface area contributed by atoms with Crippen LogP contribution in [-0.2, 0) is 4.79 Å².